The maximum atomic E-state index is 11.2. The zero-order valence-electron chi connectivity index (χ0n) is 12.0. The minimum atomic E-state index is -0.474. The first-order valence-corrected chi connectivity index (χ1v) is 6.54. The number of ether oxygens (including phenoxy) is 1. The molecular formula is C16H18N2O3. The maximum absolute atomic E-state index is 11.2. The molecule has 0 aromatic heterocycles. The Bertz CT molecular complexity index is 656. The molecule has 0 saturated heterocycles. The SMILES string of the molecule is COc1ccc(C(C)Nc2cccc(C(N)=O)c2)c(O)c1. The largest absolute Gasteiger partial charge is 0.507 e. The molecule has 2 aromatic carbocycles. The Kier molecular flexibility index (Phi) is 4.33. The van der Waals surface area contributed by atoms with Crippen LogP contribution in [-0.2, 0) is 0 Å². The van der Waals surface area contributed by atoms with Crippen LogP contribution >= 0.6 is 0 Å². The number of phenolic OH excluding ortho intramolecular Hbond substituents is 1. The third-order valence-electron chi connectivity index (χ3n) is 3.23. The molecule has 0 heterocycles. The fraction of sp³-hybridized carbons (Fsp3) is 0.188. The van der Waals surface area contributed by atoms with Gasteiger partial charge >= 0.3 is 0 Å². The van der Waals surface area contributed by atoms with Crippen molar-refractivity contribution in [3.8, 4) is 11.5 Å². The molecule has 1 amide bonds. The fourth-order valence-corrected chi connectivity index (χ4v) is 2.11. The van der Waals surface area contributed by atoms with E-state index in [2.05, 4.69) is 5.32 Å². The molecule has 1 atom stereocenters. The lowest BCUT2D eigenvalue weighted by molar-refractivity contribution is 0.100. The number of anilines is 1. The monoisotopic (exact) mass is 286 g/mol. The Morgan fingerprint density at radius 1 is 1.29 bits per heavy atom. The Balaban J connectivity index is 2.19. The Morgan fingerprint density at radius 3 is 2.67 bits per heavy atom. The number of hydrogen-bond donors (Lipinski definition) is 3. The highest BCUT2D eigenvalue weighted by atomic mass is 16.5. The van der Waals surface area contributed by atoms with Crippen LogP contribution in [0.4, 0.5) is 5.69 Å². The second-order valence-corrected chi connectivity index (χ2v) is 4.74. The third-order valence-corrected chi connectivity index (χ3v) is 3.23. The third kappa shape index (κ3) is 3.45. The van der Waals surface area contributed by atoms with Gasteiger partial charge in [0.25, 0.3) is 0 Å². The molecule has 2 aromatic rings. The van der Waals surface area contributed by atoms with Gasteiger partial charge in [-0.2, -0.15) is 0 Å². The van der Waals surface area contributed by atoms with Gasteiger partial charge in [0.15, 0.2) is 0 Å². The van der Waals surface area contributed by atoms with Gasteiger partial charge in [-0.3, -0.25) is 4.79 Å². The highest BCUT2D eigenvalue weighted by Crippen LogP contribution is 2.30. The van der Waals surface area contributed by atoms with Crippen molar-refractivity contribution < 1.29 is 14.6 Å². The average Bonchev–Trinajstić information content (AvgIpc) is 2.47. The van der Waals surface area contributed by atoms with E-state index in [9.17, 15) is 9.90 Å². The summed E-state index contributed by atoms with van der Waals surface area (Å²) >= 11 is 0. The van der Waals surface area contributed by atoms with E-state index in [1.807, 2.05) is 13.0 Å². The normalized spacial score (nSPS) is 11.7. The zero-order chi connectivity index (χ0) is 15.4. The number of methoxy groups -OCH3 is 1. The van der Waals surface area contributed by atoms with Crippen LogP contribution in [0.15, 0.2) is 42.5 Å². The molecule has 0 saturated carbocycles. The number of nitrogens with two attached hydrogens (primary N) is 1. The Hall–Kier alpha value is -2.69. The number of benzene rings is 2. The summed E-state index contributed by atoms with van der Waals surface area (Å²) in [5.74, 6) is 0.276. The molecule has 5 heteroatoms. The molecular weight excluding hydrogens is 268 g/mol. The van der Waals surface area contributed by atoms with Crippen molar-refractivity contribution >= 4 is 11.6 Å². The lowest BCUT2D eigenvalue weighted by atomic mass is 10.1. The Morgan fingerprint density at radius 2 is 2.05 bits per heavy atom. The number of carbonyl (C=O) groups excluding carboxylic acids is 1. The average molecular weight is 286 g/mol. The second-order valence-electron chi connectivity index (χ2n) is 4.74. The molecule has 0 radical (unpaired) electrons. The summed E-state index contributed by atoms with van der Waals surface area (Å²) in [7, 11) is 1.55. The number of primary amides is 1. The van der Waals surface area contributed by atoms with Crippen LogP contribution in [0.5, 0.6) is 11.5 Å². The smallest absolute Gasteiger partial charge is 0.248 e. The highest BCUT2D eigenvalue weighted by Gasteiger charge is 2.12. The van der Waals surface area contributed by atoms with Crippen molar-refractivity contribution in [3.63, 3.8) is 0 Å². The van der Waals surface area contributed by atoms with Crippen molar-refractivity contribution in [1.29, 1.82) is 0 Å². The van der Waals surface area contributed by atoms with Gasteiger partial charge in [-0.05, 0) is 37.3 Å². The van der Waals surface area contributed by atoms with E-state index in [4.69, 9.17) is 10.5 Å². The molecule has 0 fully saturated rings. The van der Waals surface area contributed by atoms with Crippen LogP contribution in [0.25, 0.3) is 0 Å². The zero-order valence-corrected chi connectivity index (χ0v) is 12.0. The maximum Gasteiger partial charge on any atom is 0.248 e. The molecule has 0 aliphatic carbocycles. The van der Waals surface area contributed by atoms with Crippen LogP contribution in [0.3, 0.4) is 0 Å². The molecule has 2 rings (SSSR count). The minimum absolute atomic E-state index is 0.140. The topological polar surface area (TPSA) is 84.6 Å². The predicted octanol–water partition coefficient (Wildman–Crippen LogP) is 2.67. The van der Waals surface area contributed by atoms with Gasteiger partial charge in [-0.1, -0.05) is 6.07 Å². The van der Waals surface area contributed by atoms with E-state index in [0.29, 0.717) is 11.3 Å². The van der Waals surface area contributed by atoms with Crippen LogP contribution in [-0.4, -0.2) is 18.1 Å². The first-order chi connectivity index (χ1) is 10.0. The van der Waals surface area contributed by atoms with Gasteiger partial charge in [-0.25, -0.2) is 0 Å². The van der Waals surface area contributed by atoms with Crippen LogP contribution in [0, 0.1) is 0 Å². The Labute approximate surface area is 123 Å². The molecule has 0 bridgehead atoms. The van der Waals surface area contributed by atoms with Crippen molar-refractivity contribution in [2.24, 2.45) is 5.73 Å². The number of nitrogens with one attached hydrogen (secondary N) is 1. The number of hydrogen-bond acceptors (Lipinski definition) is 4. The lowest BCUT2D eigenvalue weighted by Crippen LogP contribution is -2.12. The van der Waals surface area contributed by atoms with Crippen LogP contribution < -0.4 is 15.8 Å². The minimum Gasteiger partial charge on any atom is -0.507 e. The fourth-order valence-electron chi connectivity index (χ4n) is 2.11. The summed E-state index contributed by atoms with van der Waals surface area (Å²) in [6, 6.07) is 11.9. The van der Waals surface area contributed by atoms with Gasteiger partial charge < -0.3 is 20.9 Å². The lowest BCUT2D eigenvalue weighted by Gasteiger charge is -2.17. The standard InChI is InChI=1S/C16H18N2O3/c1-10(14-7-6-13(21-2)9-15(14)19)18-12-5-3-4-11(8-12)16(17)20/h3-10,18-19H,1-2H3,(H2,17,20). The van der Waals surface area contributed by atoms with E-state index in [-0.39, 0.29) is 11.8 Å². The summed E-state index contributed by atoms with van der Waals surface area (Å²) in [4.78, 5) is 11.2. The molecule has 4 N–H and O–H groups in total. The summed E-state index contributed by atoms with van der Waals surface area (Å²) in [5, 5.41) is 13.2. The summed E-state index contributed by atoms with van der Waals surface area (Å²) in [6.07, 6.45) is 0. The summed E-state index contributed by atoms with van der Waals surface area (Å²) in [6.45, 7) is 1.92. The van der Waals surface area contributed by atoms with Gasteiger partial charge in [0.05, 0.1) is 13.2 Å². The first kappa shape index (κ1) is 14.7. The van der Waals surface area contributed by atoms with Crippen molar-refractivity contribution in [2.45, 2.75) is 13.0 Å². The van der Waals surface area contributed by atoms with E-state index in [0.717, 1.165) is 11.3 Å². The molecule has 5 nitrogen and oxygen atoms in total. The molecule has 110 valence electrons. The van der Waals surface area contributed by atoms with Gasteiger partial charge in [-0.15, -0.1) is 0 Å². The predicted molar refractivity (Wildman–Crippen MR) is 81.7 cm³/mol. The van der Waals surface area contributed by atoms with Gasteiger partial charge in [0, 0.05) is 22.9 Å². The molecule has 1 unspecified atom stereocenters. The number of phenols is 1. The summed E-state index contributed by atoms with van der Waals surface area (Å²) in [5.41, 5.74) is 7.19. The van der Waals surface area contributed by atoms with Crippen molar-refractivity contribution in [2.75, 3.05) is 12.4 Å². The molecule has 21 heavy (non-hydrogen) atoms. The van der Waals surface area contributed by atoms with E-state index < -0.39 is 5.91 Å². The quantitative estimate of drug-likeness (QED) is 0.789. The molecule has 0 spiro atoms. The molecule has 0 aliphatic rings. The highest BCUT2D eigenvalue weighted by molar-refractivity contribution is 5.93. The van der Waals surface area contributed by atoms with Crippen LogP contribution in [0.1, 0.15) is 28.9 Å². The van der Waals surface area contributed by atoms with Crippen LogP contribution in [0.2, 0.25) is 0 Å². The van der Waals surface area contributed by atoms with Crippen molar-refractivity contribution in [1.82, 2.24) is 0 Å². The van der Waals surface area contributed by atoms with E-state index >= 15 is 0 Å². The summed E-state index contributed by atoms with van der Waals surface area (Å²) < 4.78 is 5.06. The van der Waals surface area contributed by atoms with E-state index in [1.165, 1.54) is 0 Å². The second kappa shape index (κ2) is 6.17. The van der Waals surface area contributed by atoms with Crippen molar-refractivity contribution in [3.05, 3.63) is 53.6 Å². The number of amides is 1. The van der Waals surface area contributed by atoms with Gasteiger partial charge in [0.2, 0.25) is 5.91 Å². The number of carbonyl (C=O) groups is 1. The number of aromatic hydroxyl groups is 1. The van der Waals surface area contributed by atoms with Gasteiger partial charge in [0.1, 0.15) is 11.5 Å². The van der Waals surface area contributed by atoms with E-state index in [1.54, 1.807) is 43.5 Å². The molecule has 0 aliphatic heterocycles. The first-order valence-electron chi connectivity index (χ1n) is 6.54. The number of rotatable bonds is 5.